The number of carbonyl (C=O) groups excluding carboxylic acids is 1. The quantitative estimate of drug-likeness (QED) is 0.513. The summed E-state index contributed by atoms with van der Waals surface area (Å²) in [7, 11) is 0. The zero-order valence-electron chi connectivity index (χ0n) is 10.3. The molecule has 0 saturated carbocycles. The van der Waals surface area contributed by atoms with E-state index in [1.54, 1.807) is 19.1 Å². The Kier molecular flexibility index (Phi) is 3.91. The normalized spacial score (nSPS) is 11.6. The van der Waals surface area contributed by atoms with Crippen molar-refractivity contribution in [3.8, 4) is 0 Å². The zero-order valence-corrected chi connectivity index (χ0v) is 11.0. The van der Waals surface area contributed by atoms with Crippen LogP contribution in [-0.2, 0) is 9.53 Å². The van der Waals surface area contributed by atoms with Gasteiger partial charge in [-0.1, -0.05) is 0 Å². The summed E-state index contributed by atoms with van der Waals surface area (Å²) < 4.78 is 6.14. The fourth-order valence-electron chi connectivity index (χ4n) is 1.24. The van der Waals surface area contributed by atoms with Gasteiger partial charge in [0.05, 0.1) is 6.61 Å². The first kappa shape index (κ1) is 13.2. The van der Waals surface area contributed by atoms with Crippen LogP contribution in [0.1, 0.15) is 13.8 Å². The van der Waals surface area contributed by atoms with Gasteiger partial charge in [0, 0.05) is 0 Å². The predicted molar refractivity (Wildman–Crippen MR) is 69.2 cm³/mol. The lowest BCUT2D eigenvalue weighted by molar-refractivity contribution is -0.135. The summed E-state index contributed by atoms with van der Waals surface area (Å²) in [6.45, 7) is 3.56. The van der Waals surface area contributed by atoms with Crippen LogP contribution in [0.15, 0.2) is 17.2 Å². The Morgan fingerprint density at radius 1 is 1.53 bits per heavy atom. The number of hydrogen-bond acceptors (Lipinski definition) is 7. The first-order chi connectivity index (χ1) is 9.11. The standard InChI is InChI=1S/C10H11ClN6O2/c1-3-19-9(18)6(2)12-13-7-4-5-8-14-15-10(11)17(8)16-7/h4-5H,3H2,1-2H3,(H,13,16)/b12-6-. The molecule has 2 aromatic heterocycles. The van der Waals surface area contributed by atoms with Crippen molar-refractivity contribution in [2.75, 3.05) is 12.0 Å². The fourth-order valence-corrected chi connectivity index (χ4v) is 1.41. The molecule has 0 bridgehead atoms. The molecule has 0 aliphatic rings. The van der Waals surface area contributed by atoms with E-state index < -0.39 is 5.97 Å². The lowest BCUT2D eigenvalue weighted by Gasteiger charge is -2.02. The van der Waals surface area contributed by atoms with Crippen molar-refractivity contribution in [2.45, 2.75) is 13.8 Å². The minimum Gasteiger partial charge on any atom is -0.461 e. The van der Waals surface area contributed by atoms with Gasteiger partial charge in [0.15, 0.2) is 11.5 Å². The summed E-state index contributed by atoms with van der Waals surface area (Å²) in [5, 5.41) is 15.6. The predicted octanol–water partition coefficient (Wildman–Crippen LogP) is 1.13. The highest BCUT2D eigenvalue weighted by Crippen LogP contribution is 2.10. The number of anilines is 1. The Morgan fingerprint density at radius 2 is 2.32 bits per heavy atom. The molecule has 0 fully saturated rings. The first-order valence-electron chi connectivity index (χ1n) is 5.47. The summed E-state index contributed by atoms with van der Waals surface area (Å²) in [6, 6.07) is 3.31. The molecule has 0 aromatic carbocycles. The van der Waals surface area contributed by atoms with E-state index >= 15 is 0 Å². The van der Waals surface area contributed by atoms with Gasteiger partial charge in [-0.05, 0) is 37.6 Å². The number of rotatable bonds is 4. The maximum Gasteiger partial charge on any atom is 0.354 e. The van der Waals surface area contributed by atoms with Crippen LogP contribution in [0, 0.1) is 0 Å². The second-order valence-corrected chi connectivity index (χ2v) is 3.83. The molecule has 0 aliphatic heterocycles. The van der Waals surface area contributed by atoms with Gasteiger partial charge in [-0.25, -0.2) is 4.79 Å². The van der Waals surface area contributed by atoms with Gasteiger partial charge in [0.25, 0.3) is 0 Å². The molecule has 9 heteroatoms. The number of nitrogens with one attached hydrogen (secondary N) is 1. The molecular formula is C10H11ClN6O2. The Balaban J connectivity index is 2.15. The Hall–Kier alpha value is -2.22. The van der Waals surface area contributed by atoms with Crippen LogP contribution < -0.4 is 5.43 Å². The van der Waals surface area contributed by atoms with Crippen LogP contribution in [0.2, 0.25) is 5.28 Å². The smallest absolute Gasteiger partial charge is 0.354 e. The molecule has 0 amide bonds. The van der Waals surface area contributed by atoms with E-state index in [0.29, 0.717) is 18.1 Å². The van der Waals surface area contributed by atoms with Crippen molar-refractivity contribution in [2.24, 2.45) is 5.10 Å². The SMILES string of the molecule is CCOC(=O)/C(C)=N\Nc1ccc2nnc(Cl)n2n1. The molecule has 0 saturated heterocycles. The molecular weight excluding hydrogens is 272 g/mol. The summed E-state index contributed by atoms with van der Waals surface area (Å²) in [4.78, 5) is 11.3. The first-order valence-corrected chi connectivity index (χ1v) is 5.85. The minimum atomic E-state index is -0.488. The summed E-state index contributed by atoms with van der Waals surface area (Å²) in [6.07, 6.45) is 0. The van der Waals surface area contributed by atoms with Crippen molar-refractivity contribution in [1.29, 1.82) is 0 Å². The van der Waals surface area contributed by atoms with Crippen LogP contribution in [-0.4, -0.2) is 38.1 Å². The summed E-state index contributed by atoms with van der Waals surface area (Å²) in [5.74, 6) is -0.0868. The number of nitrogens with zero attached hydrogens (tertiary/aromatic N) is 5. The van der Waals surface area contributed by atoms with Gasteiger partial charge in [0.2, 0.25) is 5.28 Å². The maximum absolute atomic E-state index is 11.3. The van der Waals surface area contributed by atoms with Gasteiger partial charge < -0.3 is 4.74 Å². The zero-order chi connectivity index (χ0) is 13.8. The third-order valence-corrected chi connectivity index (χ3v) is 2.37. The lowest BCUT2D eigenvalue weighted by atomic mass is 10.4. The molecule has 100 valence electrons. The number of esters is 1. The van der Waals surface area contributed by atoms with E-state index in [1.807, 2.05) is 0 Å². The van der Waals surface area contributed by atoms with Crippen LogP contribution in [0.4, 0.5) is 5.82 Å². The molecule has 1 N–H and O–H groups in total. The van der Waals surface area contributed by atoms with Crippen molar-refractivity contribution in [1.82, 2.24) is 19.8 Å². The van der Waals surface area contributed by atoms with E-state index in [9.17, 15) is 4.79 Å². The molecule has 0 spiro atoms. The number of fused-ring (bicyclic) bond motifs is 1. The van der Waals surface area contributed by atoms with Crippen molar-refractivity contribution in [3.05, 3.63) is 17.4 Å². The van der Waals surface area contributed by atoms with E-state index in [-0.39, 0.29) is 11.0 Å². The molecule has 0 aliphatic carbocycles. The van der Waals surface area contributed by atoms with Gasteiger partial charge in [-0.2, -0.15) is 9.62 Å². The molecule has 0 radical (unpaired) electrons. The average molecular weight is 283 g/mol. The fraction of sp³-hybridized carbons (Fsp3) is 0.300. The number of hydrogen-bond donors (Lipinski definition) is 1. The Morgan fingerprint density at radius 3 is 3.05 bits per heavy atom. The summed E-state index contributed by atoms with van der Waals surface area (Å²) >= 11 is 5.79. The third kappa shape index (κ3) is 2.97. The monoisotopic (exact) mass is 282 g/mol. The van der Waals surface area contributed by atoms with Gasteiger partial charge in [0.1, 0.15) is 5.71 Å². The van der Waals surface area contributed by atoms with Gasteiger partial charge >= 0.3 is 5.97 Å². The van der Waals surface area contributed by atoms with E-state index in [1.165, 1.54) is 11.4 Å². The van der Waals surface area contributed by atoms with Crippen LogP contribution in [0.5, 0.6) is 0 Å². The van der Waals surface area contributed by atoms with Crippen LogP contribution >= 0.6 is 11.6 Å². The summed E-state index contributed by atoms with van der Waals surface area (Å²) in [5.41, 5.74) is 3.34. The van der Waals surface area contributed by atoms with Crippen molar-refractivity contribution < 1.29 is 9.53 Å². The molecule has 2 aromatic rings. The number of hydrazone groups is 1. The molecule has 8 nitrogen and oxygen atoms in total. The second-order valence-electron chi connectivity index (χ2n) is 3.49. The molecule has 0 unspecified atom stereocenters. The minimum absolute atomic E-state index is 0.143. The van der Waals surface area contributed by atoms with Gasteiger partial charge in [-0.15, -0.1) is 15.3 Å². The Bertz CT molecular complexity index is 638. The lowest BCUT2D eigenvalue weighted by Crippen LogP contribution is -2.15. The number of aromatic nitrogens is 4. The highest BCUT2D eigenvalue weighted by molar-refractivity contribution is 6.35. The number of ether oxygens (including phenoxy) is 1. The van der Waals surface area contributed by atoms with Crippen LogP contribution in [0.3, 0.4) is 0 Å². The van der Waals surface area contributed by atoms with E-state index in [2.05, 4.69) is 25.8 Å². The highest BCUT2D eigenvalue weighted by atomic mass is 35.5. The average Bonchev–Trinajstić information content (AvgIpc) is 2.78. The largest absolute Gasteiger partial charge is 0.461 e. The van der Waals surface area contributed by atoms with Crippen molar-refractivity contribution in [3.63, 3.8) is 0 Å². The van der Waals surface area contributed by atoms with Crippen molar-refractivity contribution >= 4 is 34.7 Å². The molecule has 2 heterocycles. The van der Waals surface area contributed by atoms with E-state index in [0.717, 1.165) is 0 Å². The molecule has 0 atom stereocenters. The van der Waals surface area contributed by atoms with E-state index in [4.69, 9.17) is 16.3 Å². The highest BCUT2D eigenvalue weighted by Gasteiger charge is 2.07. The Labute approximate surface area is 113 Å². The van der Waals surface area contributed by atoms with Gasteiger partial charge in [-0.3, -0.25) is 5.43 Å². The number of carbonyl (C=O) groups is 1. The van der Waals surface area contributed by atoms with Crippen LogP contribution in [0.25, 0.3) is 5.65 Å². The second kappa shape index (κ2) is 5.61. The molecule has 2 rings (SSSR count). The maximum atomic E-state index is 11.3. The number of halogens is 1. The molecule has 19 heavy (non-hydrogen) atoms. The topological polar surface area (TPSA) is 93.8 Å². The third-order valence-electron chi connectivity index (χ3n) is 2.13.